The Bertz CT molecular complexity index is 1430. The van der Waals surface area contributed by atoms with Gasteiger partial charge in [-0.05, 0) is 34.2 Å². The molecule has 13 nitrogen and oxygen atoms in total. The first-order valence-electron chi connectivity index (χ1n) is 13.7. The minimum Gasteiger partial charge on any atom is -0.507 e. The zero-order valence-electron chi connectivity index (χ0n) is 24.6. The molecule has 13 heteroatoms. The Hall–Kier alpha value is -3.49. The van der Waals surface area contributed by atoms with E-state index in [-0.39, 0.29) is 52.8 Å². The molecule has 1 aliphatic carbocycles. The zero-order valence-corrected chi connectivity index (χ0v) is 24.6. The number of benzene rings is 1. The van der Waals surface area contributed by atoms with Crippen LogP contribution in [-0.4, -0.2) is 108 Å². The first-order valence-corrected chi connectivity index (χ1v) is 13.7. The number of Topliss-reactive ketones (excluding diaryl/α,β-unsaturated/α-hetero) is 2. The summed E-state index contributed by atoms with van der Waals surface area (Å²) in [6, 6.07) is -4.25. The minimum absolute atomic E-state index is 0.0122. The van der Waals surface area contributed by atoms with Gasteiger partial charge < -0.3 is 40.0 Å². The molecular formula is C29H37N3O10. The van der Waals surface area contributed by atoms with E-state index in [4.69, 9.17) is 24.7 Å². The highest BCUT2D eigenvalue weighted by Gasteiger charge is 2.60. The first-order chi connectivity index (χ1) is 19.8. The Morgan fingerprint density at radius 3 is 2.31 bits per heavy atom. The summed E-state index contributed by atoms with van der Waals surface area (Å²) in [6.07, 6.45) is -2.24. The number of aliphatic hydroxyl groups excluding tert-OH is 1. The second-order valence-electron chi connectivity index (χ2n) is 11.2. The fourth-order valence-electron chi connectivity index (χ4n) is 7.23. The van der Waals surface area contributed by atoms with Gasteiger partial charge in [0.15, 0.2) is 23.0 Å². The lowest BCUT2D eigenvalue weighted by Gasteiger charge is -2.61. The Labute approximate surface area is 243 Å². The number of piperazine rings is 1. The van der Waals surface area contributed by atoms with Crippen molar-refractivity contribution in [2.45, 2.75) is 69.7 Å². The molecule has 7 atom stereocenters. The number of methoxy groups -OCH3 is 3. The van der Waals surface area contributed by atoms with Crippen molar-refractivity contribution in [3.8, 4) is 17.2 Å². The molecule has 3 aliphatic heterocycles. The summed E-state index contributed by atoms with van der Waals surface area (Å²) in [4.78, 5) is 43.4. The molecule has 2 bridgehead atoms. The number of nitrogens with two attached hydrogens (primary N) is 1. The molecule has 4 aliphatic rings. The highest BCUT2D eigenvalue weighted by atomic mass is 16.5. The molecule has 0 spiro atoms. The van der Waals surface area contributed by atoms with Crippen molar-refractivity contribution in [1.29, 1.82) is 0 Å². The predicted octanol–water partition coefficient (Wildman–Crippen LogP) is 0.492. The number of likely N-dealkylation sites (N-methyl/N-ethyl adjacent to an activating group) is 1. The van der Waals surface area contributed by atoms with Crippen molar-refractivity contribution in [2.75, 3.05) is 35.0 Å². The average molecular weight is 588 g/mol. The lowest BCUT2D eigenvalue weighted by Crippen LogP contribution is -2.72. The molecule has 228 valence electrons. The van der Waals surface area contributed by atoms with E-state index in [0.29, 0.717) is 16.7 Å². The highest BCUT2D eigenvalue weighted by Crippen LogP contribution is 2.59. The van der Waals surface area contributed by atoms with Crippen LogP contribution in [0.2, 0.25) is 0 Å². The third kappa shape index (κ3) is 3.98. The van der Waals surface area contributed by atoms with Crippen molar-refractivity contribution in [2.24, 2.45) is 5.73 Å². The van der Waals surface area contributed by atoms with Crippen LogP contribution in [0.3, 0.4) is 0 Å². The monoisotopic (exact) mass is 587 g/mol. The van der Waals surface area contributed by atoms with Crippen LogP contribution in [0.25, 0.3) is 0 Å². The van der Waals surface area contributed by atoms with E-state index in [9.17, 15) is 29.7 Å². The molecule has 5 rings (SSSR count). The molecule has 0 aromatic heterocycles. The number of rotatable bonds is 6. The number of phenolic OH excluding ortho intramolecular Hbond substituents is 2. The van der Waals surface area contributed by atoms with Crippen LogP contribution in [-0.2, 0) is 28.6 Å². The smallest absolute Gasteiger partial charge is 0.322 e. The van der Waals surface area contributed by atoms with Crippen molar-refractivity contribution in [3.05, 3.63) is 39.2 Å². The first kappa shape index (κ1) is 30.0. The summed E-state index contributed by atoms with van der Waals surface area (Å²) in [5.74, 6) is -2.05. The fourth-order valence-corrected chi connectivity index (χ4v) is 7.23. The van der Waals surface area contributed by atoms with Gasteiger partial charge in [-0.3, -0.25) is 24.2 Å². The van der Waals surface area contributed by atoms with Gasteiger partial charge in [-0.25, -0.2) is 0 Å². The van der Waals surface area contributed by atoms with E-state index in [1.54, 1.807) is 18.9 Å². The second-order valence-corrected chi connectivity index (χ2v) is 11.2. The van der Waals surface area contributed by atoms with Gasteiger partial charge >= 0.3 is 5.97 Å². The molecule has 3 heterocycles. The van der Waals surface area contributed by atoms with Gasteiger partial charge in [-0.15, -0.1) is 0 Å². The van der Waals surface area contributed by atoms with Gasteiger partial charge in [-0.1, -0.05) is 0 Å². The van der Waals surface area contributed by atoms with Crippen LogP contribution in [0.4, 0.5) is 0 Å². The lowest BCUT2D eigenvalue weighted by atomic mass is 9.70. The minimum atomic E-state index is -1.33. The molecule has 5 N–H and O–H groups in total. The predicted molar refractivity (Wildman–Crippen MR) is 146 cm³/mol. The SMILES string of the molecule is COC1=C(C)C(=O)C2=C(C1=O)C(COC(=O)C(C)N)N1C(O)C3C(OC)c4c(O)c(C)c(OC)c(O)c4C(C1C2)N3C. The Kier molecular flexibility index (Phi) is 7.60. The molecule has 1 fully saturated rings. The number of hydrogen-bond donors (Lipinski definition) is 4. The molecule has 0 saturated carbocycles. The molecule has 1 saturated heterocycles. The Morgan fingerprint density at radius 2 is 1.74 bits per heavy atom. The number of carbonyl (C=O) groups is 3. The standard InChI is InChI=1S/C29H37N3O10/c1-10-21(33)13-8-14-19-17-18(22(34)11(2)26(40-6)24(17)36)27(41-7)20(31(19)4)28(37)32(14)15(9-42-29(38)12(3)30)16(13)23(35)25(10)39-5/h12,14-15,19-20,27-28,34,36-37H,8-9,30H2,1-7H3. The maximum absolute atomic E-state index is 13.8. The summed E-state index contributed by atoms with van der Waals surface area (Å²) in [5.41, 5.74) is 7.07. The second kappa shape index (κ2) is 10.7. The van der Waals surface area contributed by atoms with E-state index in [1.165, 1.54) is 35.2 Å². The number of aromatic hydroxyl groups is 2. The van der Waals surface area contributed by atoms with Crippen LogP contribution in [0.1, 0.15) is 49.1 Å². The van der Waals surface area contributed by atoms with Gasteiger partial charge in [0.25, 0.3) is 0 Å². The molecule has 7 unspecified atom stereocenters. The summed E-state index contributed by atoms with van der Waals surface area (Å²) in [6.45, 7) is 4.19. The van der Waals surface area contributed by atoms with Crippen LogP contribution < -0.4 is 10.5 Å². The van der Waals surface area contributed by atoms with Gasteiger partial charge in [0.1, 0.15) is 30.7 Å². The quantitative estimate of drug-likeness (QED) is 0.205. The van der Waals surface area contributed by atoms with Gasteiger partial charge in [0.05, 0.1) is 32.3 Å². The molecule has 0 amide bonds. The molecule has 1 aromatic rings. The molecule has 0 radical (unpaired) electrons. The van der Waals surface area contributed by atoms with Crippen molar-refractivity contribution >= 4 is 17.5 Å². The van der Waals surface area contributed by atoms with Gasteiger partial charge in [0, 0.05) is 46.6 Å². The van der Waals surface area contributed by atoms with Crippen molar-refractivity contribution in [1.82, 2.24) is 9.80 Å². The topological polar surface area (TPSA) is 181 Å². The number of nitrogens with zero attached hydrogens (tertiary/aromatic N) is 2. The summed E-state index contributed by atoms with van der Waals surface area (Å²) >= 11 is 0. The van der Waals surface area contributed by atoms with E-state index in [2.05, 4.69) is 0 Å². The van der Waals surface area contributed by atoms with Gasteiger partial charge in [-0.2, -0.15) is 0 Å². The summed E-state index contributed by atoms with van der Waals surface area (Å²) < 4.78 is 22.1. The Balaban J connectivity index is 1.76. The Morgan fingerprint density at radius 1 is 1.07 bits per heavy atom. The lowest BCUT2D eigenvalue weighted by molar-refractivity contribution is -0.204. The number of ether oxygens (including phenoxy) is 4. The molecule has 1 aromatic carbocycles. The fraction of sp³-hybridized carbons (Fsp3) is 0.552. The number of ketones is 2. The van der Waals surface area contributed by atoms with Gasteiger partial charge in [0.2, 0.25) is 5.78 Å². The average Bonchev–Trinajstić information content (AvgIpc) is 2.95. The van der Waals surface area contributed by atoms with E-state index < -0.39 is 60.1 Å². The number of aliphatic hydroxyl groups is 1. The summed E-state index contributed by atoms with van der Waals surface area (Å²) in [5, 5.41) is 34.9. The highest BCUT2D eigenvalue weighted by molar-refractivity contribution is 6.25. The van der Waals surface area contributed by atoms with E-state index >= 15 is 0 Å². The van der Waals surface area contributed by atoms with Crippen molar-refractivity contribution < 1.29 is 48.7 Å². The molecule has 42 heavy (non-hydrogen) atoms. The number of carbonyl (C=O) groups excluding carboxylic acids is 3. The number of hydrogen-bond acceptors (Lipinski definition) is 13. The third-order valence-corrected chi connectivity index (χ3v) is 9.12. The normalized spacial score (nSPS) is 30.0. The summed E-state index contributed by atoms with van der Waals surface area (Å²) in [7, 11) is 5.86. The number of esters is 1. The van der Waals surface area contributed by atoms with Crippen LogP contribution >= 0.6 is 0 Å². The van der Waals surface area contributed by atoms with Crippen LogP contribution in [0.15, 0.2) is 22.5 Å². The maximum Gasteiger partial charge on any atom is 0.322 e. The number of phenols is 2. The van der Waals surface area contributed by atoms with E-state index in [0.717, 1.165) is 0 Å². The third-order valence-electron chi connectivity index (χ3n) is 9.12. The largest absolute Gasteiger partial charge is 0.507 e. The number of fused-ring (bicyclic) bond motifs is 6. The van der Waals surface area contributed by atoms with Crippen molar-refractivity contribution in [3.63, 3.8) is 0 Å². The van der Waals surface area contributed by atoms with Crippen LogP contribution in [0.5, 0.6) is 17.2 Å². The maximum atomic E-state index is 13.8. The number of allylic oxidation sites excluding steroid dienone is 2. The van der Waals surface area contributed by atoms with E-state index in [1.807, 2.05) is 4.90 Å². The zero-order chi connectivity index (χ0) is 30.9. The molecular weight excluding hydrogens is 550 g/mol. The van der Waals surface area contributed by atoms with Crippen LogP contribution in [0, 0.1) is 6.92 Å².